The highest BCUT2D eigenvalue weighted by atomic mass is 79.9. The molecule has 0 aliphatic heterocycles. The molecule has 2 aromatic rings. The molecule has 0 saturated heterocycles. The average molecular weight is 349 g/mol. The summed E-state index contributed by atoms with van der Waals surface area (Å²) in [5, 5.41) is 2.34. The average Bonchev–Trinajstić information content (AvgIpc) is 2.34. The van der Waals surface area contributed by atoms with E-state index in [1.165, 1.54) is 12.1 Å². The van der Waals surface area contributed by atoms with Crippen LogP contribution >= 0.6 is 15.9 Å². The standard InChI is InChI=1S/C13H9BrF4N2/c14-6-3-9(15)12(10(16)4-6)20-11-2-1-7(19)5-8(11)13(17)18/h1-5,13,20H,19H2. The lowest BCUT2D eigenvalue weighted by molar-refractivity contribution is 0.152. The van der Waals surface area contributed by atoms with Gasteiger partial charge in [-0.1, -0.05) is 15.9 Å². The topological polar surface area (TPSA) is 38.0 Å². The molecule has 0 radical (unpaired) electrons. The van der Waals surface area contributed by atoms with Crippen molar-refractivity contribution >= 4 is 33.0 Å². The Morgan fingerprint density at radius 1 is 1.05 bits per heavy atom. The number of alkyl halides is 2. The molecular weight excluding hydrogens is 340 g/mol. The molecule has 0 aliphatic rings. The molecule has 2 nitrogen and oxygen atoms in total. The van der Waals surface area contributed by atoms with Gasteiger partial charge in [0.25, 0.3) is 6.43 Å². The van der Waals surface area contributed by atoms with Gasteiger partial charge in [-0.25, -0.2) is 17.6 Å². The van der Waals surface area contributed by atoms with Gasteiger partial charge in [-0.3, -0.25) is 0 Å². The maximum atomic E-state index is 13.7. The van der Waals surface area contributed by atoms with Crippen LogP contribution in [0.25, 0.3) is 0 Å². The quantitative estimate of drug-likeness (QED) is 0.605. The first-order valence-electron chi connectivity index (χ1n) is 5.47. The van der Waals surface area contributed by atoms with Crippen LogP contribution in [0.1, 0.15) is 12.0 Å². The lowest BCUT2D eigenvalue weighted by Crippen LogP contribution is -2.02. The van der Waals surface area contributed by atoms with Gasteiger partial charge in [-0.2, -0.15) is 0 Å². The van der Waals surface area contributed by atoms with Gasteiger partial charge in [0, 0.05) is 21.4 Å². The highest BCUT2D eigenvalue weighted by Gasteiger charge is 2.17. The predicted molar refractivity (Wildman–Crippen MR) is 73.2 cm³/mol. The van der Waals surface area contributed by atoms with Crippen molar-refractivity contribution < 1.29 is 17.6 Å². The molecule has 0 amide bonds. The van der Waals surface area contributed by atoms with Crippen molar-refractivity contribution in [2.45, 2.75) is 6.43 Å². The predicted octanol–water partition coefficient (Wildman–Crippen LogP) is 4.99. The molecule has 0 aromatic heterocycles. The van der Waals surface area contributed by atoms with Crippen molar-refractivity contribution in [3.63, 3.8) is 0 Å². The summed E-state index contributed by atoms with van der Waals surface area (Å²) in [7, 11) is 0. The summed E-state index contributed by atoms with van der Waals surface area (Å²) < 4.78 is 53.3. The minimum atomic E-state index is -2.82. The first-order valence-corrected chi connectivity index (χ1v) is 6.27. The molecule has 0 aliphatic carbocycles. The second-order valence-electron chi connectivity index (χ2n) is 4.02. The number of halogens is 5. The summed E-state index contributed by atoms with van der Waals surface area (Å²) in [4.78, 5) is 0. The zero-order chi connectivity index (χ0) is 14.9. The van der Waals surface area contributed by atoms with Crippen molar-refractivity contribution in [2.24, 2.45) is 0 Å². The largest absolute Gasteiger partial charge is 0.399 e. The van der Waals surface area contributed by atoms with Crippen molar-refractivity contribution in [2.75, 3.05) is 11.1 Å². The minimum absolute atomic E-state index is 0.102. The molecule has 0 fully saturated rings. The van der Waals surface area contributed by atoms with Gasteiger partial charge in [0.2, 0.25) is 0 Å². The molecule has 2 rings (SSSR count). The molecule has 20 heavy (non-hydrogen) atoms. The number of nitrogen functional groups attached to an aromatic ring is 1. The molecule has 7 heteroatoms. The second-order valence-corrected chi connectivity index (χ2v) is 4.93. The van der Waals surface area contributed by atoms with Crippen LogP contribution in [0, 0.1) is 11.6 Å². The van der Waals surface area contributed by atoms with Crippen LogP contribution < -0.4 is 11.1 Å². The SMILES string of the molecule is Nc1ccc(Nc2c(F)cc(Br)cc2F)c(C(F)F)c1. The van der Waals surface area contributed by atoms with Crippen LogP contribution in [-0.4, -0.2) is 0 Å². The number of anilines is 3. The molecule has 0 atom stereocenters. The van der Waals surface area contributed by atoms with E-state index < -0.39 is 29.3 Å². The molecule has 0 unspecified atom stereocenters. The number of rotatable bonds is 3. The Balaban J connectivity index is 2.45. The van der Waals surface area contributed by atoms with E-state index in [2.05, 4.69) is 21.2 Å². The normalized spacial score (nSPS) is 10.9. The molecule has 106 valence electrons. The Hall–Kier alpha value is -1.76. The summed E-state index contributed by atoms with van der Waals surface area (Å²) >= 11 is 2.94. The van der Waals surface area contributed by atoms with Gasteiger partial charge >= 0.3 is 0 Å². The third kappa shape index (κ3) is 3.04. The summed E-state index contributed by atoms with van der Waals surface area (Å²) in [6, 6.07) is 5.73. The van der Waals surface area contributed by atoms with E-state index in [1.807, 2.05) is 0 Å². The minimum Gasteiger partial charge on any atom is -0.399 e. The highest BCUT2D eigenvalue weighted by molar-refractivity contribution is 9.10. The van der Waals surface area contributed by atoms with Crippen LogP contribution in [0.2, 0.25) is 0 Å². The van der Waals surface area contributed by atoms with Crippen molar-refractivity contribution in [3.8, 4) is 0 Å². The lowest BCUT2D eigenvalue weighted by atomic mass is 10.1. The Bertz CT molecular complexity index is 623. The first-order chi connectivity index (χ1) is 9.38. The van der Waals surface area contributed by atoms with E-state index in [9.17, 15) is 17.6 Å². The zero-order valence-corrected chi connectivity index (χ0v) is 11.5. The van der Waals surface area contributed by atoms with Crippen LogP contribution in [0.4, 0.5) is 34.6 Å². The van der Waals surface area contributed by atoms with E-state index >= 15 is 0 Å². The smallest absolute Gasteiger partial charge is 0.265 e. The molecule has 0 saturated carbocycles. The Kier molecular flexibility index (Phi) is 4.17. The third-order valence-electron chi connectivity index (χ3n) is 2.58. The van der Waals surface area contributed by atoms with Crippen LogP contribution in [0.5, 0.6) is 0 Å². The van der Waals surface area contributed by atoms with E-state index in [0.29, 0.717) is 0 Å². The fourth-order valence-corrected chi connectivity index (χ4v) is 2.07. The summed E-state index contributed by atoms with van der Waals surface area (Å²) in [6.45, 7) is 0. The first kappa shape index (κ1) is 14.6. The van der Waals surface area contributed by atoms with Gasteiger partial charge in [-0.05, 0) is 30.3 Å². The van der Waals surface area contributed by atoms with E-state index in [0.717, 1.165) is 18.2 Å². The number of hydrogen-bond donors (Lipinski definition) is 2. The Morgan fingerprint density at radius 2 is 1.65 bits per heavy atom. The highest BCUT2D eigenvalue weighted by Crippen LogP contribution is 2.33. The second kappa shape index (κ2) is 5.70. The molecule has 3 N–H and O–H groups in total. The summed E-state index contributed by atoms with van der Waals surface area (Å²) in [5.74, 6) is -1.79. The maximum absolute atomic E-state index is 13.7. The molecule has 0 bridgehead atoms. The van der Waals surface area contributed by atoms with Gasteiger partial charge in [0.15, 0.2) is 11.6 Å². The maximum Gasteiger partial charge on any atom is 0.265 e. The lowest BCUT2D eigenvalue weighted by Gasteiger charge is -2.14. The van der Waals surface area contributed by atoms with E-state index in [1.54, 1.807) is 0 Å². The van der Waals surface area contributed by atoms with Crippen LogP contribution in [0.3, 0.4) is 0 Å². The van der Waals surface area contributed by atoms with Gasteiger partial charge in [-0.15, -0.1) is 0 Å². The molecule has 0 spiro atoms. The van der Waals surface area contributed by atoms with Crippen LogP contribution in [0.15, 0.2) is 34.8 Å². The summed E-state index contributed by atoms with van der Waals surface area (Å²) in [6.07, 6.45) is -2.82. The van der Waals surface area contributed by atoms with Gasteiger partial charge < -0.3 is 11.1 Å². The molecule has 0 heterocycles. The van der Waals surface area contributed by atoms with E-state index in [-0.39, 0.29) is 15.8 Å². The number of hydrogen-bond acceptors (Lipinski definition) is 2. The number of nitrogens with two attached hydrogens (primary N) is 1. The summed E-state index contributed by atoms with van der Waals surface area (Å²) in [5.41, 5.74) is 4.54. The van der Waals surface area contributed by atoms with Crippen molar-refractivity contribution in [3.05, 3.63) is 52.0 Å². The monoisotopic (exact) mass is 348 g/mol. The fourth-order valence-electron chi connectivity index (χ4n) is 1.67. The number of nitrogens with one attached hydrogen (secondary N) is 1. The Morgan fingerprint density at radius 3 is 2.20 bits per heavy atom. The van der Waals surface area contributed by atoms with E-state index in [4.69, 9.17) is 5.73 Å². The molecular formula is C13H9BrF4N2. The number of benzene rings is 2. The Labute approximate surface area is 120 Å². The zero-order valence-electron chi connectivity index (χ0n) is 9.93. The van der Waals surface area contributed by atoms with Gasteiger partial charge in [0.1, 0.15) is 5.69 Å². The van der Waals surface area contributed by atoms with Crippen molar-refractivity contribution in [1.82, 2.24) is 0 Å². The van der Waals surface area contributed by atoms with Crippen molar-refractivity contribution in [1.29, 1.82) is 0 Å². The fraction of sp³-hybridized carbons (Fsp3) is 0.0769. The van der Waals surface area contributed by atoms with Crippen LogP contribution in [-0.2, 0) is 0 Å². The van der Waals surface area contributed by atoms with Gasteiger partial charge in [0.05, 0.1) is 0 Å². The molecule has 2 aromatic carbocycles. The third-order valence-corrected chi connectivity index (χ3v) is 3.04.